The molecule has 0 unspecified atom stereocenters. The van der Waals surface area contributed by atoms with Gasteiger partial charge >= 0.3 is 0 Å². The molecule has 1 aliphatic heterocycles. The molecular weight excluding hydrogens is 236 g/mol. The van der Waals surface area contributed by atoms with Crippen molar-refractivity contribution in [2.45, 2.75) is 6.61 Å². The molecule has 2 rings (SSSR count). The molecule has 0 amide bonds. The molecule has 1 aromatic carbocycles. The Bertz CT molecular complexity index is 308. The summed E-state index contributed by atoms with van der Waals surface area (Å²) in [5, 5.41) is 9.06. The van der Waals surface area contributed by atoms with E-state index in [2.05, 4.69) is 15.9 Å². The Morgan fingerprint density at radius 3 is 2.85 bits per heavy atom. The van der Waals surface area contributed by atoms with Crippen LogP contribution in [-0.2, 0) is 6.61 Å². The second-order valence-corrected chi connectivity index (χ2v) is 3.66. The Morgan fingerprint density at radius 2 is 2.08 bits per heavy atom. The second-order valence-electron chi connectivity index (χ2n) is 2.75. The number of halogens is 1. The summed E-state index contributed by atoms with van der Waals surface area (Å²) in [6, 6.07) is 3.67. The van der Waals surface area contributed by atoms with Crippen molar-refractivity contribution in [1.29, 1.82) is 0 Å². The largest absolute Gasteiger partial charge is 0.486 e. The summed E-state index contributed by atoms with van der Waals surface area (Å²) in [5.41, 5.74) is 0.754. The van der Waals surface area contributed by atoms with E-state index in [1.165, 1.54) is 0 Å². The predicted molar refractivity (Wildman–Crippen MR) is 51.1 cm³/mol. The maximum Gasteiger partial charge on any atom is 0.166 e. The van der Waals surface area contributed by atoms with Gasteiger partial charge in [-0.05, 0) is 12.1 Å². The van der Waals surface area contributed by atoms with E-state index in [0.29, 0.717) is 24.7 Å². The van der Waals surface area contributed by atoms with Crippen molar-refractivity contribution in [3.8, 4) is 11.5 Å². The van der Waals surface area contributed by atoms with Crippen molar-refractivity contribution >= 4 is 15.9 Å². The van der Waals surface area contributed by atoms with Gasteiger partial charge in [0.2, 0.25) is 0 Å². The fourth-order valence-corrected chi connectivity index (χ4v) is 1.79. The molecule has 0 aliphatic carbocycles. The average Bonchev–Trinajstić information content (AvgIpc) is 2.16. The van der Waals surface area contributed by atoms with Gasteiger partial charge in [0.15, 0.2) is 11.5 Å². The van der Waals surface area contributed by atoms with Crippen LogP contribution < -0.4 is 9.47 Å². The highest BCUT2D eigenvalue weighted by Crippen LogP contribution is 2.36. The summed E-state index contributed by atoms with van der Waals surface area (Å²) in [4.78, 5) is 0. The molecule has 0 aromatic heterocycles. The molecule has 0 fully saturated rings. The van der Waals surface area contributed by atoms with Crippen LogP contribution in [0.2, 0.25) is 0 Å². The molecular formula is C9H9BrO3. The summed E-state index contributed by atoms with van der Waals surface area (Å²) in [7, 11) is 0. The molecule has 0 radical (unpaired) electrons. The zero-order valence-corrected chi connectivity index (χ0v) is 8.50. The lowest BCUT2D eigenvalue weighted by atomic mass is 10.2. The van der Waals surface area contributed by atoms with Crippen molar-refractivity contribution < 1.29 is 14.6 Å². The molecule has 4 heteroatoms. The molecule has 70 valence electrons. The van der Waals surface area contributed by atoms with Gasteiger partial charge in [-0.15, -0.1) is 0 Å². The van der Waals surface area contributed by atoms with Crippen LogP contribution in [0.4, 0.5) is 0 Å². The van der Waals surface area contributed by atoms with Crippen molar-refractivity contribution in [2.24, 2.45) is 0 Å². The lowest BCUT2D eigenvalue weighted by Gasteiger charge is -2.20. The smallest absolute Gasteiger partial charge is 0.166 e. The van der Waals surface area contributed by atoms with Crippen LogP contribution in [0, 0.1) is 0 Å². The number of benzene rings is 1. The number of hydrogen-bond acceptors (Lipinski definition) is 3. The zero-order valence-electron chi connectivity index (χ0n) is 6.92. The lowest BCUT2D eigenvalue weighted by Crippen LogP contribution is -2.16. The van der Waals surface area contributed by atoms with Gasteiger partial charge in [-0.3, -0.25) is 0 Å². The minimum Gasteiger partial charge on any atom is -0.486 e. The molecule has 3 nitrogen and oxygen atoms in total. The van der Waals surface area contributed by atoms with E-state index in [9.17, 15) is 0 Å². The second kappa shape index (κ2) is 3.55. The quantitative estimate of drug-likeness (QED) is 0.818. The zero-order chi connectivity index (χ0) is 9.26. The number of fused-ring (bicyclic) bond motifs is 1. The molecule has 0 atom stereocenters. The van der Waals surface area contributed by atoms with Crippen molar-refractivity contribution in [3.05, 3.63) is 22.2 Å². The summed E-state index contributed by atoms with van der Waals surface area (Å²) < 4.78 is 11.7. The summed E-state index contributed by atoms with van der Waals surface area (Å²) >= 11 is 3.34. The molecule has 0 bridgehead atoms. The Kier molecular flexibility index (Phi) is 2.42. The van der Waals surface area contributed by atoms with Crippen LogP contribution in [0.5, 0.6) is 11.5 Å². The van der Waals surface area contributed by atoms with Crippen molar-refractivity contribution in [3.63, 3.8) is 0 Å². The molecule has 1 N–H and O–H groups in total. The molecule has 0 spiro atoms. The van der Waals surface area contributed by atoms with E-state index in [1.807, 2.05) is 12.1 Å². The summed E-state index contributed by atoms with van der Waals surface area (Å²) in [6.45, 7) is 1.07. The highest BCUT2D eigenvalue weighted by molar-refractivity contribution is 9.10. The molecule has 0 saturated carbocycles. The van der Waals surface area contributed by atoms with E-state index < -0.39 is 0 Å². The first-order valence-corrected chi connectivity index (χ1v) is 4.79. The minimum atomic E-state index is -0.0366. The molecule has 13 heavy (non-hydrogen) atoms. The Hall–Kier alpha value is -0.740. The van der Waals surface area contributed by atoms with Gasteiger partial charge in [0.1, 0.15) is 13.2 Å². The monoisotopic (exact) mass is 244 g/mol. The van der Waals surface area contributed by atoms with Crippen LogP contribution in [0.25, 0.3) is 0 Å². The maximum absolute atomic E-state index is 9.06. The van der Waals surface area contributed by atoms with E-state index in [0.717, 1.165) is 10.0 Å². The van der Waals surface area contributed by atoms with Gasteiger partial charge in [0.05, 0.1) is 6.61 Å². The van der Waals surface area contributed by atoms with Gasteiger partial charge in [-0.1, -0.05) is 15.9 Å². The van der Waals surface area contributed by atoms with Crippen LogP contribution in [0.15, 0.2) is 16.6 Å². The van der Waals surface area contributed by atoms with Crippen LogP contribution in [0.3, 0.4) is 0 Å². The number of ether oxygens (including phenoxy) is 2. The predicted octanol–water partition coefficient (Wildman–Crippen LogP) is 1.71. The molecule has 1 aromatic rings. The number of rotatable bonds is 1. The van der Waals surface area contributed by atoms with Crippen LogP contribution in [-0.4, -0.2) is 18.3 Å². The van der Waals surface area contributed by atoms with E-state index in [4.69, 9.17) is 14.6 Å². The van der Waals surface area contributed by atoms with Crippen LogP contribution in [0.1, 0.15) is 5.56 Å². The van der Waals surface area contributed by atoms with E-state index >= 15 is 0 Å². The number of aliphatic hydroxyl groups excluding tert-OH is 1. The number of hydrogen-bond donors (Lipinski definition) is 1. The normalized spacial score (nSPS) is 14.3. The van der Waals surface area contributed by atoms with Gasteiger partial charge in [-0.2, -0.15) is 0 Å². The van der Waals surface area contributed by atoms with E-state index in [1.54, 1.807) is 0 Å². The third kappa shape index (κ3) is 1.64. The fourth-order valence-electron chi connectivity index (χ4n) is 1.31. The average molecular weight is 245 g/mol. The van der Waals surface area contributed by atoms with Gasteiger partial charge in [-0.25, -0.2) is 0 Å². The first kappa shape index (κ1) is 8.84. The Balaban J connectivity index is 2.50. The summed E-state index contributed by atoms with van der Waals surface area (Å²) in [5.74, 6) is 1.36. The van der Waals surface area contributed by atoms with Crippen molar-refractivity contribution in [1.82, 2.24) is 0 Å². The van der Waals surface area contributed by atoms with Crippen LogP contribution >= 0.6 is 15.9 Å². The third-order valence-electron chi connectivity index (χ3n) is 1.85. The van der Waals surface area contributed by atoms with Crippen molar-refractivity contribution in [2.75, 3.05) is 13.2 Å². The van der Waals surface area contributed by atoms with E-state index in [-0.39, 0.29) is 6.61 Å². The molecule has 0 saturated heterocycles. The Morgan fingerprint density at radius 1 is 1.31 bits per heavy atom. The standard InChI is InChI=1S/C9H9BrO3/c10-7-3-6(5-11)9-8(4-7)12-1-2-13-9/h3-4,11H,1-2,5H2. The number of aliphatic hydroxyl groups is 1. The van der Waals surface area contributed by atoms with Gasteiger partial charge < -0.3 is 14.6 Å². The molecule has 1 aliphatic rings. The summed E-state index contributed by atoms with van der Waals surface area (Å²) in [6.07, 6.45) is 0. The fraction of sp³-hybridized carbons (Fsp3) is 0.333. The SMILES string of the molecule is OCc1cc(Br)cc2c1OCCO2. The highest BCUT2D eigenvalue weighted by Gasteiger charge is 2.16. The highest BCUT2D eigenvalue weighted by atomic mass is 79.9. The topological polar surface area (TPSA) is 38.7 Å². The first-order chi connectivity index (χ1) is 6.31. The third-order valence-corrected chi connectivity index (χ3v) is 2.31. The van der Waals surface area contributed by atoms with Gasteiger partial charge in [0.25, 0.3) is 0 Å². The Labute approximate surface area is 84.4 Å². The maximum atomic E-state index is 9.06. The molecule has 1 heterocycles. The van der Waals surface area contributed by atoms with Gasteiger partial charge in [0, 0.05) is 10.0 Å². The minimum absolute atomic E-state index is 0.0366. The lowest BCUT2D eigenvalue weighted by molar-refractivity contribution is 0.165. The first-order valence-electron chi connectivity index (χ1n) is 4.00.